The van der Waals surface area contributed by atoms with Gasteiger partial charge in [-0.3, -0.25) is 9.78 Å². The smallest absolute Gasteiger partial charge is 0.336 e. The molecular formula is C7H9N4O+. The van der Waals surface area contributed by atoms with Crippen molar-refractivity contribution in [3.8, 4) is 0 Å². The Hall–Kier alpha value is -1.65. The highest BCUT2D eigenvalue weighted by Gasteiger charge is 2.24. The van der Waals surface area contributed by atoms with Crippen LogP contribution in [0.2, 0.25) is 0 Å². The number of H-pyrrole nitrogens is 1. The van der Waals surface area contributed by atoms with E-state index < -0.39 is 0 Å². The average molecular weight is 165 g/mol. The van der Waals surface area contributed by atoms with Crippen LogP contribution >= 0.6 is 0 Å². The lowest BCUT2D eigenvalue weighted by atomic mass is 10.3. The number of fused-ring (bicyclic) bond motifs is 1. The molecule has 5 nitrogen and oxygen atoms in total. The van der Waals surface area contributed by atoms with E-state index in [2.05, 4.69) is 9.97 Å². The van der Waals surface area contributed by atoms with Crippen LogP contribution in [0, 0.1) is 0 Å². The Balaban J connectivity index is 2.75. The summed E-state index contributed by atoms with van der Waals surface area (Å²) in [4.78, 5) is 17.7. The summed E-state index contributed by atoms with van der Waals surface area (Å²) in [6.07, 6.45) is 2.53. The number of aromatic amines is 1. The molecule has 1 aliphatic heterocycles. The monoisotopic (exact) mass is 165 g/mol. The molecule has 0 saturated heterocycles. The maximum atomic E-state index is 11.3. The van der Waals surface area contributed by atoms with Crippen LogP contribution in [0.3, 0.4) is 0 Å². The lowest BCUT2D eigenvalue weighted by Gasteiger charge is -1.91. The number of nitrogens with two attached hydrogens (primary N) is 1. The van der Waals surface area contributed by atoms with Crippen LogP contribution < -0.4 is 11.3 Å². The van der Waals surface area contributed by atoms with Gasteiger partial charge in [-0.05, 0) is 4.98 Å². The number of anilines is 1. The van der Waals surface area contributed by atoms with Crippen molar-refractivity contribution in [1.82, 2.24) is 9.97 Å². The van der Waals surface area contributed by atoms with E-state index in [0.29, 0.717) is 17.8 Å². The summed E-state index contributed by atoms with van der Waals surface area (Å²) < 4.78 is 1.81. The zero-order valence-electron chi connectivity index (χ0n) is 6.66. The zero-order chi connectivity index (χ0) is 8.72. The Kier molecular flexibility index (Phi) is 1.27. The van der Waals surface area contributed by atoms with E-state index in [9.17, 15) is 4.79 Å². The predicted octanol–water partition coefficient (Wildman–Crippen LogP) is -0.747. The Morgan fingerprint density at radius 2 is 2.50 bits per heavy atom. The van der Waals surface area contributed by atoms with Crippen molar-refractivity contribution in [2.24, 2.45) is 0 Å². The summed E-state index contributed by atoms with van der Waals surface area (Å²) in [6.45, 7) is 0. The van der Waals surface area contributed by atoms with E-state index in [1.165, 1.54) is 0 Å². The van der Waals surface area contributed by atoms with Gasteiger partial charge in [0.15, 0.2) is 0 Å². The van der Waals surface area contributed by atoms with Gasteiger partial charge in [0.2, 0.25) is 0 Å². The minimum Gasteiger partial charge on any atom is -0.348 e. The largest absolute Gasteiger partial charge is 0.348 e. The Labute approximate surface area is 68.6 Å². The normalized spacial score (nSPS) is 14.2. The predicted molar refractivity (Wildman–Crippen MR) is 44.9 cm³/mol. The molecule has 0 saturated carbocycles. The molecule has 0 radical (unpaired) electrons. The first kappa shape index (κ1) is 7.02. The summed E-state index contributed by atoms with van der Waals surface area (Å²) in [6, 6.07) is 0. The Morgan fingerprint density at radius 1 is 1.75 bits per heavy atom. The summed E-state index contributed by atoms with van der Waals surface area (Å²) in [7, 11) is 1.84. The molecule has 2 heterocycles. The number of hydrogen-bond donors (Lipinski definition) is 2. The van der Waals surface area contributed by atoms with Crippen LogP contribution in [-0.2, 0) is 6.42 Å². The summed E-state index contributed by atoms with van der Waals surface area (Å²) in [5.41, 5.74) is 5.93. The van der Waals surface area contributed by atoms with Gasteiger partial charge in [0, 0.05) is 6.42 Å². The van der Waals surface area contributed by atoms with Gasteiger partial charge < -0.3 is 5.73 Å². The first-order valence-corrected chi connectivity index (χ1v) is 3.63. The third-order valence-electron chi connectivity index (χ3n) is 1.92. The zero-order valence-corrected chi connectivity index (χ0v) is 6.66. The molecule has 0 amide bonds. The highest BCUT2D eigenvalue weighted by molar-refractivity contribution is 5.65. The third kappa shape index (κ3) is 0.827. The SMILES string of the molecule is C[N+]1=CCc2c1nc(N)[nH]c2=O. The van der Waals surface area contributed by atoms with Crippen molar-refractivity contribution < 1.29 is 4.58 Å². The van der Waals surface area contributed by atoms with E-state index in [-0.39, 0.29) is 11.5 Å². The van der Waals surface area contributed by atoms with Gasteiger partial charge >= 0.3 is 11.8 Å². The van der Waals surface area contributed by atoms with Gasteiger partial charge in [-0.1, -0.05) is 0 Å². The maximum Gasteiger partial charge on any atom is 0.336 e. The molecule has 0 aromatic carbocycles. The highest BCUT2D eigenvalue weighted by atomic mass is 16.1. The minimum atomic E-state index is -0.141. The van der Waals surface area contributed by atoms with Crippen LogP contribution in [-0.4, -0.2) is 27.8 Å². The van der Waals surface area contributed by atoms with E-state index >= 15 is 0 Å². The molecule has 2 rings (SSSR count). The number of rotatable bonds is 0. The molecular weight excluding hydrogens is 156 g/mol. The topological polar surface area (TPSA) is 74.8 Å². The Morgan fingerprint density at radius 3 is 3.25 bits per heavy atom. The van der Waals surface area contributed by atoms with Gasteiger partial charge in [0.25, 0.3) is 5.56 Å². The fourth-order valence-corrected chi connectivity index (χ4v) is 1.29. The van der Waals surface area contributed by atoms with E-state index in [4.69, 9.17) is 5.73 Å². The molecule has 0 aliphatic carbocycles. The molecule has 0 unspecified atom stereocenters. The van der Waals surface area contributed by atoms with Gasteiger partial charge in [-0.15, -0.1) is 0 Å². The average Bonchev–Trinajstić information content (AvgIpc) is 2.33. The quantitative estimate of drug-likeness (QED) is 0.497. The van der Waals surface area contributed by atoms with Crippen LogP contribution in [0.5, 0.6) is 0 Å². The van der Waals surface area contributed by atoms with Crippen molar-refractivity contribution in [3.05, 3.63) is 15.9 Å². The fraction of sp³-hybridized carbons (Fsp3) is 0.286. The van der Waals surface area contributed by atoms with E-state index in [1.54, 1.807) is 4.58 Å². The summed E-state index contributed by atoms with van der Waals surface area (Å²) >= 11 is 0. The summed E-state index contributed by atoms with van der Waals surface area (Å²) in [5, 5.41) is 0. The molecule has 0 atom stereocenters. The minimum absolute atomic E-state index is 0.141. The number of nitrogens with one attached hydrogen (secondary N) is 1. The maximum absolute atomic E-state index is 11.3. The Bertz CT molecular complexity index is 418. The second kappa shape index (κ2) is 2.17. The number of hydrogen-bond acceptors (Lipinski definition) is 3. The number of nitrogen functional groups attached to an aromatic ring is 1. The van der Waals surface area contributed by atoms with Crippen LogP contribution in [0.1, 0.15) is 5.56 Å². The highest BCUT2D eigenvalue weighted by Crippen LogP contribution is 2.15. The standard InChI is InChI=1S/C7H8N4O/c1-11-3-2-4-5(11)9-7(8)10-6(4)12/h3H,2H2,1H3,(H2-,8,9,10,12)/p+1. The molecule has 3 N–H and O–H groups in total. The molecule has 0 bridgehead atoms. The van der Waals surface area contributed by atoms with Crippen LogP contribution in [0.15, 0.2) is 4.79 Å². The molecule has 0 fully saturated rings. The van der Waals surface area contributed by atoms with Crippen LogP contribution in [0.4, 0.5) is 11.8 Å². The van der Waals surface area contributed by atoms with E-state index in [1.807, 2.05) is 13.3 Å². The van der Waals surface area contributed by atoms with Crippen molar-refractivity contribution >= 4 is 18.0 Å². The lowest BCUT2D eigenvalue weighted by molar-refractivity contribution is -0.400. The molecule has 1 aromatic rings. The van der Waals surface area contributed by atoms with E-state index in [0.717, 1.165) is 0 Å². The van der Waals surface area contributed by atoms with Gasteiger partial charge in [0.1, 0.15) is 5.56 Å². The van der Waals surface area contributed by atoms with Crippen molar-refractivity contribution in [2.75, 3.05) is 12.8 Å². The molecule has 1 aromatic heterocycles. The molecule has 0 spiro atoms. The molecule has 1 aliphatic rings. The van der Waals surface area contributed by atoms with Crippen molar-refractivity contribution in [1.29, 1.82) is 0 Å². The van der Waals surface area contributed by atoms with Gasteiger partial charge in [0.05, 0.1) is 13.3 Å². The molecule has 5 heteroatoms. The molecule has 12 heavy (non-hydrogen) atoms. The summed E-state index contributed by atoms with van der Waals surface area (Å²) in [5.74, 6) is 0.831. The number of aromatic nitrogens is 2. The third-order valence-corrected chi connectivity index (χ3v) is 1.92. The first-order chi connectivity index (χ1) is 5.68. The second-order valence-electron chi connectivity index (χ2n) is 2.75. The fourth-order valence-electron chi connectivity index (χ4n) is 1.29. The van der Waals surface area contributed by atoms with Gasteiger partial charge in [-0.25, -0.2) is 4.58 Å². The molecule has 62 valence electrons. The number of nitrogens with zero attached hydrogens (tertiary/aromatic N) is 2. The first-order valence-electron chi connectivity index (χ1n) is 3.63. The lowest BCUT2D eigenvalue weighted by Crippen LogP contribution is -2.15. The second-order valence-corrected chi connectivity index (χ2v) is 2.75. The van der Waals surface area contributed by atoms with Gasteiger partial charge in [-0.2, -0.15) is 0 Å². The van der Waals surface area contributed by atoms with Crippen LogP contribution in [0.25, 0.3) is 0 Å². The van der Waals surface area contributed by atoms with Crippen molar-refractivity contribution in [2.45, 2.75) is 6.42 Å². The van der Waals surface area contributed by atoms with Crippen molar-refractivity contribution in [3.63, 3.8) is 0 Å².